The summed E-state index contributed by atoms with van der Waals surface area (Å²) >= 11 is 0. The molecule has 0 rings (SSSR count). The molecule has 0 aliphatic heterocycles. The molecule has 0 spiro atoms. The Balaban J connectivity index is -0.0000000886. The van der Waals surface area contributed by atoms with E-state index in [2.05, 4.69) is 13.8 Å². The van der Waals surface area contributed by atoms with Gasteiger partial charge in [0.1, 0.15) is 0 Å². The largest absolute Gasteiger partial charge is 0.331 e. The van der Waals surface area contributed by atoms with Crippen molar-refractivity contribution in [3.8, 4) is 0 Å². The maximum absolute atomic E-state index is 8.36. The summed E-state index contributed by atoms with van der Waals surface area (Å²) in [6.07, 6.45) is 2.64. The highest BCUT2D eigenvalue weighted by molar-refractivity contribution is 4.12. The molecule has 5 nitrogen and oxygen atoms in total. The smallest absolute Gasteiger partial charge is 0.291 e. The normalized spacial score (nSPS) is 6.55. The van der Waals surface area contributed by atoms with Crippen LogP contribution in [0.3, 0.4) is 0 Å². The van der Waals surface area contributed by atoms with Crippen molar-refractivity contribution in [2.24, 2.45) is 5.73 Å². The zero-order valence-corrected chi connectivity index (χ0v) is 7.41. The molecule has 0 aliphatic carbocycles. The number of unbranched alkanes of at least 4 members (excludes halogenated alkanes) is 1. The van der Waals surface area contributed by atoms with E-state index in [1.165, 1.54) is 12.8 Å². The van der Waals surface area contributed by atoms with E-state index in [1.54, 1.807) is 0 Å². The summed E-state index contributed by atoms with van der Waals surface area (Å²) in [7, 11) is 0. The van der Waals surface area contributed by atoms with Crippen LogP contribution in [0, 0.1) is 10.1 Å². The monoisotopic (exact) mass is 166 g/mol. The average Bonchev–Trinajstić information content (AvgIpc) is 1.88. The molecule has 0 aromatic carbocycles. The summed E-state index contributed by atoms with van der Waals surface area (Å²) in [6, 6.07) is 0. The molecule has 0 aromatic heterocycles. The van der Waals surface area contributed by atoms with Gasteiger partial charge in [-0.05, 0) is 6.54 Å². The van der Waals surface area contributed by atoms with E-state index in [9.17, 15) is 0 Å². The standard InChI is InChI=1S/C4H10.C2H7N.HNO3/c1-3-4-2;1-2-3;2-1(3)4/h3-4H2,1-2H3;2-3H2,1H3;(H,2,3,4). The maximum Gasteiger partial charge on any atom is 0.291 e. The van der Waals surface area contributed by atoms with Crippen LogP contribution in [-0.4, -0.2) is 16.8 Å². The molecule has 0 heterocycles. The number of nitrogens with two attached hydrogens (primary N) is 1. The zero-order chi connectivity index (χ0) is 9.70. The first-order chi connectivity index (χ1) is 5.06. The van der Waals surface area contributed by atoms with Crippen LogP contribution in [0.4, 0.5) is 0 Å². The SMILES string of the molecule is CCCC.CCN.O=[N+]([O-])O. The van der Waals surface area contributed by atoms with E-state index in [1.807, 2.05) is 6.92 Å². The van der Waals surface area contributed by atoms with Crippen LogP contribution >= 0.6 is 0 Å². The van der Waals surface area contributed by atoms with Crippen LogP contribution in [0.1, 0.15) is 33.6 Å². The fourth-order valence-corrected chi connectivity index (χ4v) is 0. The van der Waals surface area contributed by atoms with Crippen molar-refractivity contribution in [1.82, 2.24) is 0 Å². The Morgan fingerprint density at radius 1 is 1.36 bits per heavy atom. The van der Waals surface area contributed by atoms with Gasteiger partial charge in [-0.3, -0.25) is 0 Å². The lowest BCUT2D eigenvalue weighted by molar-refractivity contribution is -0.742. The van der Waals surface area contributed by atoms with Gasteiger partial charge in [0, 0.05) is 0 Å². The second-order valence-corrected chi connectivity index (χ2v) is 1.65. The molecule has 0 atom stereocenters. The van der Waals surface area contributed by atoms with Gasteiger partial charge in [0.15, 0.2) is 0 Å². The third-order valence-corrected chi connectivity index (χ3v) is 0.500. The van der Waals surface area contributed by atoms with Gasteiger partial charge in [-0.1, -0.05) is 33.6 Å². The summed E-state index contributed by atoms with van der Waals surface area (Å²) in [6.45, 7) is 7.01. The first kappa shape index (κ1) is 16.6. The number of hydrogen-bond donors (Lipinski definition) is 2. The van der Waals surface area contributed by atoms with E-state index in [0.29, 0.717) is 0 Å². The molecule has 3 N–H and O–H groups in total. The second-order valence-electron chi connectivity index (χ2n) is 1.65. The molecule has 0 fully saturated rings. The van der Waals surface area contributed by atoms with Crippen molar-refractivity contribution < 1.29 is 10.3 Å². The lowest BCUT2D eigenvalue weighted by Crippen LogP contribution is -1.87. The summed E-state index contributed by atoms with van der Waals surface area (Å²) < 4.78 is 0. The first-order valence-electron chi connectivity index (χ1n) is 3.59. The Kier molecular flexibility index (Phi) is 34.6. The van der Waals surface area contributed by atoms with Crippen LogP contribution in [0.5, 0.6) is 0 Å². The summed E-state index contributed by atoms with van der Waals surface area (Å²) in [5.41, 5.74) is 4.85. The Morgan fingerprint density at radius 2 is 1.45 bits per heavy atom. The van der Waals surface area contributed by atoms with Gasteiger partial charge in [0.05, 0.1) is 0 Å². The first-order valence-corrected chi connectivity index (χ1v) is 3.59. The molecular formula is C6H18N2O3. The van der Waals surface area contributed by atoms with E-state index in [4.69, 9.17) is 21.1 Å². The quantitative estimate of drug-likeness (QED) is 0.455. The summed E-state index contributed by atoms with van der Waals surface area (Å²) in [5, 5.41) is 13.6. The molecule has 70 valence electrons. The molecule has 0 aromatic rings. The molecule has 0 aliphatic rings. The Bertz CT molecular complexity index is 62.8. The van der Waals surface area contributed by atoms with Crippen LogP contribution in [0.15, 0.2) is 0 Å². The van der Waals surface area contributed by atoms with Crippen LogP contribution in [-0.2, 0) is 0 Å². The van der Waals surface area contributed by atoms with Crippen molar-refractivity contribution in [2.75, 3.05) is 6.54 Å². The molecular weight excluding hydrogens is 148 g/mol. The van der Waals surface area contributed by atoms with Gasteiger partial charge >= 0.3 is 0 Å². The van der Waals surface area contributed by atoms with Crippen LogP contribution in [0.2, 0.25) is 0 Å². The Morgan fingerprint density at radius 3 is 1.45 bits per heavy atom. The lowest BCUT2D eigenvalue weighted by Gasteiger charge is -1.68. The number of hydrogen-bond acceptors (Lipinski definition) is 3. The van der Waals surface area contributed by atoms with Gasteiger partial charge < -0.3 is 10.9 Å². The summed E-state index contributed by atoms with van der Waals surface area (Å²) in [4.78, 5) is 8.36. The van der Waals surface area contributed by atoms with Crippen molar-refractivity contribution in [2.45, 2.75) is 33.6 Å². The van der Waals surface area contributed by atoms with Gasteiger partial charge in [0.2, 0.25) is 0 Å². The lowest BCUT2D eigenvalue weighted by atomic mass is 10.4. The average molecular weight is 166 g/mol. The molecule has 5 heteroatoms. The van der Waals surface area contributed by atoms with E-state index < -0.39 is 5.09 Å². The maximum atomic E-state index is 8.36. The fourth-order valence-electron chi connectivity index (χ4n) is 0. The number of rotatable bonds is 1. The topological polar surface area (TPSA) is 89.4 Å². The van der Waals surface area contributed by atoms with Gasteiger partial charge in [-0.2, -0.15) is 0 Å². The predicted molar refractivity (Wildman–Crippen MR) is 44.1 cm³/mol. The van der Waals surface area contributed by atoms with Crippen molar-refractivity contribution in [1.29, 1.82) is 0 Å². The molecule has 0 bridgehead atoms. The summed E-state index contributed by atoms with van der Waals surface area (Å²) in [5.74, 6) is 0. The van der Waals surface area contributed by atoms with Crippen LogP contribution < -0.4 is 5.73 Å². The highest BCUT2D eigenvalue weighted by Gasteiger charge is 1.65. The minimum Gasteiger partial charge on any atom is -0.331 e. The van der Waals surface area contributed by atoms with Gasteiger partial charge in [-0.25, -0.2) is 0 Å². The third-order valence-electron chi connectivity index (χ3n) is 0.500. The zero-order valence-electron chi connectivity index (χ0n) is 7.41. The van der Waals surface area contributed by atoms with Crippen molar-refractivity contribution in [3.05, 3.63) is 10.1 Å². The van der Waals surface area contributed by atoms with E-state index >= 15 is 0 Å². The molecule has 0 saturated carbocycles. The highest BCUT2D eigenvalue weighted by Crippen LogP contribution is 1.76. The molecule has 0 amide bonds. The van der Waals surface area contributed by atoms with E-state index in [0.717, 1.165) is 6.54 Å². The molecule has 0 saturated heterocycles. The van der Waals surface area contributed by atoms with Gasteiger partial charge in [-0.15, -0.1) is 10.1 Å². The second kappa shape index (κ2) is 22.9. The third kappa shape index (κ3) is 18300. The van der Waals surface area contributed by atoms with Gasteiger partial charge in [0.25, 0.3) is 5.09 Å². The van der Waals surface area contributed by atoms with E-state index in [-0.39, 0.29) is 0 Å². The van der Waals surface area contributed by atoms with Crippen molar-refractivity contribution in [3.63, 3.8) is 0 Å². The minimum absolute atomic E-state index is 0.750. The minimum atomic E-state index is -1.50. The van der Waals surface area contributed by atoms with Crippen LogP contribution in [0.25, 0.3) is 0 Å². The Hall–Kier alpha value is -0.840. The van der Waals surface area contributed by atoms with Crippen molar-refractivity contribution >= 4 is 0 Å². The molecule has 0 radical (unpaired) electrons. The molecule has 0 unspecified atom stereocenters. The molecule has 11 heavy (non-hydrogen) atoms. The highest BCUT2D eigenvalue weighted by atomic mass is 16.9. The fraction of sp³-hybridized carbons (Fsp3) is 1.00. The predicted octanol–water partition coefficient (Wildman–Crippen LogP) is 1.42. The number of nitrogens with zero attached hydrogens (tertiary/aromatic N) is 1. The Labute approximate surface area is 67.3 Å².